The molecule has 62 valence electrons. The predicted molar refractivity (Wildman–Crippen MR) is 48.7 cm³/mol. The molecule has 1 atom stereocenters. The Balaban J connectivity index is 2.46. The summed E-state index contributed by atoms with van der Waals surface area (Å²) in [5.41, 5.74) is 3.02. The van der Waals surface area contributed by atoms with E-state index in [1.165, 1.54) is 0 Å². The topological polar surface area (TPSA) is 17.1 Å². The fourth-order valence-electron chi connectivity index (χ4n) is 1.82. The number of hydrogen-bond acceptors (Lipinski definition) is 1. The number of hydrogen-bond donors (Lipinski definition) is 0. The summed E-state index contributed by atoms with van der Waals surface area (Å²) in [6.07, 6.45) is 5.80. The van der Waals surface area contributed by atoms with E-state index >= 15 is 0 Å². The molecule has 0 bridgehead atoms. The molecule has 0 spiro atoms. The molecule has 2 aliphatic carbocycles. The van der Waals surface area contributed by atoms with Crippen LogP contribution in [0.1, 0.15) is 19.8 Å². The second-order valence-corrected chi connectivity index (χ2v) is 3.61. The number of carbonyl (C=O) groups is 1. The van der Waals surface area contributed by atoms with Crippen LogP contribution in [-0.4, -0.2) is 5.78 Å². The molecule has 0 aromatic rings. The minimum absolute atomic E-state index is 0.248. The van der Waals surface area contributed by atoms with Crippen molar-refractivity contribution in [3.05, 3.63) is 35.5 Å². The quantitative estimate of drug-likeness (QED) is 0.532. The molecule has 0 radical (unpaired) electrons. The molecule has 0 aromatic carbocycles. The molecule has 0 aliphatic heterocycles. The lowest BCUT2D eigenvalue weighted by Gasteiger charge is -2.12. The normalized spacial score (nSPS) is 28.2. The van der Waals surface area contributed by atoms with Crippen LogP contribution < -0.4 is 0 Å². The lowest BCUT2D eigenvalue weighted by Crippen LogP contribution is -2.01. The second kappa shape index (κ2) is 2.44. The van der Waals surface area contributed by atoms with Gasteiger partial charge in [-0.2, -0.15) is 0 Å². The van der Waals surface area contributed by atoms with E-state index in [9.17, 15) is 4.79 Å². The van der Waals surface area contributed by atoms with Crippen molar-refractivity contribution in [3.63, 3.8) is 0 Å². The van der Waals surface area contributed by atoms with Crippen LogP contribution in [0.25, 0.3) is 0 Å². The number of rotatable bonds is 0. The van der Waals surface area contributed by atoms with Crippen molar-refractivity contribution >= 4 is 5.78 Å². The maximum absolute atomic E-state index is 11.4. The van der Waals surface area contributed by atoms with E-state index in [0.29, 0.717) is 12.3 Å². The summed E-state index contributed by atoms with van der Waals surface area (Å²) in [5.74, 6) is 0.761. The van der Waals surface area contributed by atoms with Crippen LogP contribution in [0.15, 0.2) is 35.5 Å². The molecule has 12 heavy (non-hydrogen) atoms. The Morgan fingerprint density at radius 1 is 1.50 bits per heavy atom. The van der Waals surface area contributed by atoms with Crippen LogP contribution in [-0.2, 0) is 4.79 Å². The van der Waals surface area contributed by atoms with Crippen LogP contribution in [0.2, 0.25) is 0 Å². The third kappa shape index (κ3) is 0.970. The van der Waals surface area contributed by atoms with E-state index in [0.717, 1.165) is 23.1 Å². The van der Waals surface area contributed by atoms with Gasteiger partial charge in [-0.05, 0) is 23.5 Å². The highest BCUT2D eigenvalue weighted by molar-refractivity contribution is 6.07. The maximum atomic E-state index is 11.4. The van der Waals surface area contributed by atoms with Gasteiger partial charge in [0.25, 0.3) is 0 Å². The zero-order valence-corrected chi connectivity index (χ0v) is 7.26. The Labute approximate surface area is 72.5 Å². The summed E-state index contributed by atoms with van der Waals surface area (Å²) in [7, 11) is 0. The molecule has 0 saturated heterocycles. The Morgan fingerprint density at radius 3 is 3.00 bits per heavy atom. The largest absolute Gasteiger partial charge is 0.294 e. The first-order chi connectivity index (χ1) is 5.68. The summed E-state index contributed by atoms with van der Waals surface area (Å²) in [6, 6.07) is 0. The van der Waals surface area contributed by atoms with Crippen molar-refractivity contribution < 1.29 is 4.79 Å². The minimum atomic E-state index is 0.248. The van der Waals surface area contributed by atoms with Gasteiger partial charge in [-0.1, -0.05) is 25.7 Å². The Kier molecular flexibility index (Phi) is 1.53. The van der Waals surface area contributed by atoms with Gasteiger partial charge < -0.3 is 0 Å². The van der Waals surface area contributed by atoms with Gasteiger partial charge in [-0.15, -0.1) is 0 Å². The van der Waals surface area contributed by atoms with E-state index in [1.807, 2.05) is 0 Å². The third-order valence-corrected chi connectivity index (χ3v) is 2.49. The van der Waals surface area contributed by atoms with Crippen LogP contribution in [0.4, 0.5) is 0 Å². The number of fused-ring (bicyclic) bond motifs is 1. The second-order valence-electron chi connectivity index (χ2n) is 3.61. The Hall–Kier alpha value is -1.11. The van der Waals surface area contributed by atoms with Crippen molar-refractivity contribution in [2.45, 2.75) is 19.8 Å². The first kappa shape index (κ1) is 7.53. The molecule has 1 saturated carbocycles. The van der Waals surface area contributed by atoms with Crippen molar-refractivity contribution in [2.75, 3.05) is 0 Å². The highest BCUT2D eigenvalue weighted by atomic mass is 16.1. The van der Waals surface area contributed by atoms with Gasteiger partial charge in [0.05, 0.1) is 0 Å². The van der Waals surface area contributed by atoms with Gasteiger partial charge in [0, 0.05) is 12.0 Å². The molecule has 1 nitrogen and oxygen atoms in total. The van der Waals surface area contributed by atoms with Gasteiger partial charge in [0.1, 0.15) is 0 Å². The number of ketones is 1. The molecule has 0 aromatic heterocycles. The van der Waals surface area contributed by atoms with Crippen LogP contribution >= 0.6 is 0 Å². The molecule has 2 rings (SSSR count). The molecule has 1 fully saturated rings. The van der Waals surface area contributed by atoms with Gasteiger partial charge in [0.15, 0.2) is 5.78 Å². The third-order valence-electron chi connectivity index (χ3n) is 2.49. The number of allylic oxidation sites excluding steroid dienone is 5. The fraction of sp³-hybridized carbons (Fsp3) is 0.364. The maximum Gasteiger partial charge on any atom is 0.167 e. The summed E-state index contributed by atoms with van der Waals surface area (Å²) in [4.78, 5) is 11.4. The summed E-state index contributed by atoms with van der Waals surface area (Å²) < 4.78 is 0. The van der Waals surface area contributed by atoms with Crippen LogP contribution in [0.3, 0.4) is 0 Å². The van der Waals surface area contributed by atoms with Crippen molar-refractivity contribution in [1.29, 1.82) is 0 Å². The molecule has 2 aliphatic rings. The summed E-state index contributed by atoms with van der Waals surface area (Å²) in [5, 5.41) is 0. The van der Waals surface area contributed by atoms with E-state index in [4.69, 9.17) is 0 Å². The number of carbonyl (C=O) groups excluding carboxylic acids is 1. The van der Waals surface area contributed by atoms with Crippen molar-refractivity contribution in [3.8, 4) is 0 Å². The molecule has 1 heteroatoms. The van der Waals surface area contributed by atoms with Crippen molar-refractivity contribution in [1.82, 2.24) is 0 Å². The first-order valence-electron chi connectivity index (χ1n) is 4.32. The van der Waals surface area contributed by atoms with Gasteiger partial charge in [-0.3, -0.25) is 4.79 Å². The monoisotopic (exact) mass is 160 g/mol. The Bertz CT molecular complexity index is 318. The predicted octanol–water partition coefficient (Wildman–Crippen LogP) is 2.41. The standard InChI is InChI=1S/C11H12O/c1-7-3-4-9-8(2)6-11(12)10(9)5-7/h4-5,7H,2-3,6H2,1H3. The Morgan fingerprint density at radius 2 is 2.25 bits per heavy atom. The smallest absolute Gasteiger partial charge is 0.167 e. The zero-order chi connectivity index (χ0) is 8.72. The SMILES string of the molecule is C=C1CC(=O)C2=CC(C)CC=C12. The van der Waals surface area contributed by atoms with Crippen LogP contribution in [0.5, 0.6) is 0 Å². The molecule has 0 amide bonds. The molecule has 0 heterocycles. The average Bonchev–Trinajstić information content (AvgIpc) is 2.28. The highest BCUT2D eigenvalue weighted by Crippen LogP contribution is 2.36. The summed E-state index contributed by atoms with van der Waals surface area (Å²) >= 11 is 0. The summed E-state index contributed by atoms with van der Waals surface area (Å²) in [6.45, 7) is 6.02. The zero-order valence-electron chi connectivity index (χ0n) is 7.26. The minimum Gasteiger partial charge on any atom is -0.294 e. The fourth-order valence-corrected chi connectivity index (χ4v) is 1.82. The molecular formula is C11H12O. The van der Waals surface area contributed by atoms with Gasteiger partial charge in [0.2, 0.25) is 0 Å². The average molecular weight is 160 g/mol. The van der Waals surface area contributed by atoms with E-state index in [2.05, 4.69) is 25.7 Å². The van der Waals surface area contributed by atoms with E-state index < -0.39 is 0 Å². The van der Waals surface area contributed by atoms with E-state index in [-0.39, 0.29) is 5.78 Å². The van der Waals surface area contributed by atoms with Crippen LogP contribution in [0, 0.1) is 5.92 Å². The highest BCUT2D eigenvalue weighted by Gasteiger charge is 2.28. The van der Waals surface area contributed by atoms with Crippen molar-refractivity contribution in [2.24, 2.45) is 5.92 Å². The number of Topliss-reactive ketones (excluding diaryl/α,β-unsaturated/α-hetero) is 1. The first-order valence-corrected chi connectivity index (χ1v) is 4.32. The van der Waals surface area contributed by atoms with Gasteiger partial charge >= 0.3 is 0 Å². The molecule has 1 unspecified atom stereocenters. The van der Waals surface area contributed by atoms with Gasteiger partial charge in [-0.25, -0.2) is 0 Å². The molecule has 0 N–H and O–H groups in total. The van der Waals surface area contributed by atoms with E-state index in [1.54, 1.807) is 0 Å². The lowest BCUT2D eigenvalue weighted by atomic mass is 9.92. The molecular weight excluding hydrogens is 148 g/mol. The lowest BCUT2D eigenvalue weighted by molar-refractivity contribution is -0.114.